The van der Waals surface area contributed by atoms with Crippen LogP contribution < -0.4 is 4.74 Å². The predicted molar refractivity (Wildman–Crippen MR) is 85.4 cm³/mol. The minimum absolute atomic E-state index is 0. The summed E-state index contributed by atoms with van der Waals surface area (Å²) in [5, 5.41) is 0. The standard InChI is InChI=1S/C15H18O4S.Na.H/c1-9(2)11-5-6-13(19-4)15-10(3)7-14(12(15)8-11)20(16,17)18;;/h5-9H,1-4H3,(H,16,17,18);;. The van der Waals surface area contributed by atoms with Crippen LogP contribution in [0.25, 0.3) is 11.1 Å². The molecule has 0 spiro atoms. The zero-order valence-electron chi connectivity index (χ0n) is 12.0. The van der Waals surface area contributed by atoms with Crippen molar-refractivity contribution in [1.82, 2.24) is 0 Å². The van der Waals surface area contributed by atoms with Gasteiger partial charge in [0.05, 0.1) is 7.11 Å². The summed E-state index contributed by atoms with van der Waals surface area (Å²) < 4.78 is 37.9. The van der Waals surface area contributed by atoms with Gasteiger partial charge in [0.2, 0.25) is 0 Å². The van der Waals surface area contributed by atoms with Gasteiger partial charge in [0, 0.05) is 11.1 Å². The second-order valence-electron chi connectivity index (χ2n) is 5.16. The minimum atomic E-state index is -4.26. The molecule has 0 amide bonds. The van der Waals surface area contributed by atoms with E-state index in [1.807, 2.05) is 26.0 Å². The number of fused-ring (bicyclic) bond motifs is 1. The molecule has 2 aliphatic carbocycles. The van der Waals surface area contributed by atoms with Crippen LogP contribution in [0.5, 0.6) is 5.75 Å². The van der Waals surface area contributed by atoms with Crippen molar-refractivity contribution in [2.45, 2.75) is 31.6 Å². The summed E-state index contributed by atoms with van der Waals surface area (Å²) in [6.07, 6.45) is 0. The number of hydrogen-bond donors (Lipinski definition) is 1. The van der Waals surface area contributed by atoms with E-state index in [0.29, 0.717) is 16.9 Å². The van der Waals surface area contributed by atoms with Gasteiger partial charge >= 0.3 is 29.6 Å². The molecule has 0 saturated heterocycles. The first-order chi connectivity index (χ1) is 9.25. The van der Waals surface area contributed by atoms with Gasteiger partial charge < -0.3 is 4.74 Å². The van der Waals surface area contributed by atoms with Crippen LogP contribution in [0.15, 0.2) is 29.2 Å². The fourth-order valence-corrected chi connectivity index (χ4v) is 3.13. The molecule has 0 bridgehead atoms. The first-order valence-corrected chi connectivity index (χ1v) is 7.78. The Bertz CT molecular complexity index is 723. The van der Waals surface area contributed by atoms with Gasteiger partial charge in [-0.3, -0.25) is 4.55 Å². The Labute approximate surface area is 147 Å². The van der Waals surface area contributed by atoms with Crippen LogP contribution in [0, 0.1) is 6.92 Å². The number of methoxy groups -OCH3 is 1. The summed E-state index contributed by atoms with van der Waals surface area (Å²) in [7, 11) is -2.72. The Morgan fingerprint density at radius 2 is 1.81 bits per heavy atom. The summed E-state index contributed by atoms with van der Waals surface area (Å²) >= 11 is 0. The molecule has 0 saturated carbocycles. The second-order valence-corrected chi connectivity index (χ2v) is 6.55. The summed E-state index contributed by atoms with van der Waals surface area (Å²) in [5.74, 6) is 0.832. The Hall–Kier alpha value is -0.590. The molecule has 0 radical (unpaired) electrons. The molecule has 0 heterocycles. The van der Waals surface area contributed by atoms with Crippen LogP contribution in [0.2, 0.25) is 0 Å². The molecule has 0 aromatic heterocycles. The molecule has 0 fully saturated rings. The van der Waals surface area contributed by atoms with E-state index >= 15 is 0 Å². The monoisotopic (exact) mass is 318 g/mol. The number of ether oxygens (including phenoxy) is 1. The van der Waals surface area contributed by atoms with Crippen LogP contribution >= 0.6 is 0 Å². The van der Waals surface area contributed by atoms with Gasteiger partial charge in [-0.2, -0.15) is 8.42 Å². The van der Waals surface area contributed by atoms with Gasteiger partial charge in [-0.05, 0) is 42.2 Å². The van der Waals surface area contributed by atoms with E-state index in [-0.39, 0.29) is 40.4 Å². The van der Waals surface area contributed by atoms with E-state index in [1.165, 1.54) is 6.07 Å². The van der Waals surface area contributed by atoms with Crippen LogP contribution in [-0.4, -0.2) is 49.6 Å². The SMILES string of the molecule is COc1ccc(C(C)C)cc2c(S(=O)(=O)O)cc(C)c1-2.[NaH]. The molecule has 110 valence electrons. The van der Waals surface area contributed by atoms with Gasteiger partial charge in [0.1, 0.15) is 10.6 Å². The van der Waals surface area contributed by atoms with E-state index in [9.17, 15) is 13.0 Å². The molecule has 1 N–H and O–H groups in total. The number of aryl methyl sites for hydroxylation is 1. The van der Waals surface area contributed by atoms with Gasteiger partial charge in [0.25, 0.3) is 10.1 Å². The van der Waals surface area contributed by atoms with Crippen molar-refractivity contribution in [1.29, 1.82) is 0 Å². The fourth-order valence-electron chi connectivity index (χ4n) is 2.37. The molecule has 0 aliphatic heterocycles. The fraction of sp³-hybridized carbons (Fsp3) is 0.333. The van der Waals surface area contributed by atoms with Gasteiger partial charge in [0.15, 0.2) is 0 Å². The molecule has 2 rings (SSSR count). The Morgan fingerprint density at radius 1 is 1.19 bits per heavy atom. The van der Waals surface area contributed by atoms with E-state index in [1.54, 1.807) is 20.1 Å². The van der Waals surface area contributed by atoms with Crippen LogP contribution in [-0.2, 0) is 10.1 Å². The van der Waals surface area contributed by atoms with Crippen LogP contribution in [0.1, 0.15) is 30.9 Å². The zero-order valence-corrected chi connectivity index (χ0v) is 12.8. The van der Waals surface area contributed by atoms with Crippen molar-refractivity contribution in [2.75, 3.05) is 7.11 Å². The Kier molecular flexibility index (Phi) is 5.86. The first kappa shape index (κ1) is 18.5. The quantitative estimate of drug-likeness (QED) is 0.698. The molecule has 0 aromatic rings. The molecule has 4 nitrogen and oxygen atoms in total. The van der Waals surface area contributed by atoms with Gasteiger partial charge in [-0.15, -0.1) is 0 Å². The molecule has 0 atom stereocenters. The molecule has 21 heavy (non-hydrogen) atoms. The maximum absolute atomic E-state index is 11.6. The van der Waals surface area contributed by atoms with Crippen molar-refractivity contribution < 1.29 is 17.7 Å². The normalized spacial score (nSPS) is 11.5. The van der Waals surface area contributed by atoms with Crippen LogP contribution in [0.4, 0.5) is 0 Å². The van der Waals surface area contributed by atoms with E-state index in [0.717, 1.165) is 11.1 Å². The summed E-state index contributed by atoms with van der Waals surface area (Å²) in [5.41, 5.74) is 2.95. The molecule has 0 unspecified atom stereocenters. The molecular formula is C15H19NaO4S. The van der Waals surface area contributed by atoms with Crippen molar-refractivity contribution in [3.8, 4) is 16.9 Å². The summed E-state index contributed by atoms with van der Waals surface area (Å²) in [6, 6.07) is 7.03. The molecule has 6 heteroatoms. The third-order valence-corrected chi connectivity index (χ3v) is 4.32. The van der Waals surface area contributed by atoms with E-state index < -0.39 is 10.1 Å². The van der Waals surface area contributed by atoms with Gasteiger partial charge in [-0.1, -0.05) is 19.9 Å². The van der Waals surface area contributed by atoms with E-state index in [2.05, 4.69) is 0 Å². The molecular weight excluding hydrogens is 299 g/mol. The topological polar surface area (TPSA) is 63.6 Å². The third-order valence-electron chi connectivity index (χ3n) is 3.43. The first-order valence-electron chi connectivity index (χ1n) is 6.34. The maximum atomic E-state index is 11.6. The van der Waals surface area contributed by atoms with E-state index in [4.69, 9.17) is 4.74 Å². The van der Waals surface area contributed by atoms with Crippen molar-refractivity contribution >= 4 is 39.7 Å². The van der Waals surface area contributed by atoms with Gasteiger partial charge in [-0.25, -0.2) is 0 Å². The Morgan fingerprint density at radius 3 is 2.29 bits per heavy atom. The number of rotatable bonds is 3. The van der Waals surface area contributed by atoms with Crippen molar-refractivity contribution in [3.05, 3.63) is 35.4 Å². The predicted octanol–water partition coefficient (Wildman–Crippen LogP) is 2.83. The second kappa shape index (κ2) is 6.67. The third kappa shape index (κ3) is 3.60. The molecule has 0 aromatic carbocycles. The summed E-state index contributed by atoms with van der Waals surface area (Å²) in [6.45, 7) is 5.85. The average Bonchev–Trinajstić information content (AvgIpc) is 2.57. The average molecular weight is 318 g/mol. The number of hydrogen-bond acceptors (Lipinski definition) is 3. The Balaban J connectivity index is 0.00000220. The zero-order chi connectivity index (χ0) is 15.1. The molecule has 2 aliphatic rings. The summed E-state index contributed by atoms with van der Waals surface area (Å²) in [4.78, 5) is -0.0681. The van der Waals surface area contributed by atoms with Crippen LogP contribution in [0.3, 0.4) is 0 Å². The van der Waals surface area contributed by atoms with Crippen molar-refractivity contribution in [2.24, 2.45) is 0 Å². The van der Waals surface area contributed by atoms with Crippen molar-refractivity contribution in [3.63, 3.8) is 0 Å².